The Labute approximate surface area is 130 Å². The highest BCUT2D eigenvalue weighted by Crippen LogP contribution is 2.29. The summed E-state index contributed by atoms with van der Waals surface area (Å²) in [4.78, 5) is 0. The van der Waals surface area contributed by atoms with Gasteiger partial charge in [-0.15, -0.1) is 0 Å². The summed E-state index contributed by atoms with van der Waals surface area (Å²) in [5.74, 6) is -2.35. The molecule has 2 rings (SSSR count). The fourth-order valence-corrected chi connectivity index (χ4v) is 2.49. The summed E-state index contributed by atoms with van der Waals surface area (Å²) in [6, 6.07) is 0. The molecule has 2 aliphatic heterocycles. The first-order valence-electron chi connectivity index (χ1n) is 7.04. The van der Waals surface area contributed by atoms with E-state index in [4.69, 9.17) is 24.4 Å². The maximum Gasteiger partial charge on any atom is 0.218 e. The average Bonchev–Trinajstić information content (AvgIpc) is 2.55. The molecular weight excluding hydrogens is 320 g/mol. The third-order valence-electron chi connectivity index (χ3n) is 4.05. The van der Waals surface area contributed by atoms with E-state index in [-0.39, 0.29) is 0 Å². The quantitative estimate of drug-likeness (QED) is 0.243. The zero-order valence-corrected chi connectivity index (χ0v) is 12.0. The highest BCUT2D eigenvalue weighted by molar-refractivity contribution is 4.94. The van der Waals surface area contributed by atoms with Gasteiger partial charge in [0.1, 0.15) is 42.7 Å². The van der Waals surface area contributed by atoms with Gasteiger partial charge in [-0.3, -0.25) is 0 Å². The van der Waals surface area contributed by atoms with Crippen molar-refractivity contribution in [3.63, 3.8) is 0 Å². The molecular formula is C12H22O11. The van der Waals surface area contributed by atoms with E-state index in [0.29, 0.717) is 0 Å². The third kappa shape index (κ3) is 3.50. The summed E-state index contributed by atoms with van der Waals surface area (Å²) in [5.41, 5.74) is 0. The Morgan fingerprint density at radius 3 is 2.17 bits per heavy atom. The summed E-state index contributed by atoms with van der Waals surface area (Å²) >= 11 is 0. The van der Waals surface area contributed by atoms with Crippen molar-refractivity contribution in [3.8, 4) is 0 Å². The van der Waals surface area contributed by atoms with Gasteiger partial charge in [-0.1, -0.05) is 0 Å². The Hall–Kier alpha value is -0.440. The molecule has 0 spiro atoms. The summed E-state index contributed by atoms with van der Waals surface area (Å²) in [6.45, 7) is -2.07. The first-order valence-corrected chi connectivity index (χ1v) is 7.04. The molecule has 2 saturated heterocycles. The van der Waals surface area contributed by atoms with Crippen molar-refractivity contribution in [2.45, 2.75) is 54.8 Å². The molecule has 23 heavy (non-hydrogen) atoms. The van der Waals surface area contributed by atoms with Crippen molar-refractivity contribution < 1.29 is 55.1 Å². The van der Waals surface area contributed by atoms with Crippen LogP contribution in [0.1, 0.15) is 0 Å². The second-order valence-electron chi connectivity index (χ2n) is 5.62. The number of hydrogen-bond donors (Lipinski definition) is 8. The van der Waals surface area contributed by atoms with E-state index < -0.39 is 74.6 Å². The van der Waals surface area contributed by atoms with Crippen molar-refractivity contribution in [3.05, 3.63) is 0 Å². The molecule has 2 heterocycles. The first kappa shape index (κ1) is 18.9. The van der Waals surface area contributed by atoms with Gasteiger partial charge in [0, 0.05) is 0 Å². The van der Waals surface area contributed by atoms with E-state index in [1.807, 2.05) is 0 Å². The molecule has 0 aromatic carbocycles. The summed E-state index contributed by atoms with van der Waals surface area (Å²) < 4.78 is 15.2. The van der Waals surface area contributed by atoms with Crippen molar-refractivity contribution in [1.82, 2.24) is 0 Å². The maximum atomic E-state index is 9.94. The normalized spacial score (nSPS) is 51.7. The second kappa shape index (κ2) is 7.21. The predicted molar refractivity (Wildman–Crippen MR) is 68.6 cm³/mol. The molecule has 0 aromatic rings. The molecule has 0 bridgehead atoms. The van der Waals surface area contributed by atoms with Crippen molar-refractivity contribution >= 4 is 0 Å². The number of aliphatic hydroxyl groups excluding tert-OH is 7. The standard InChI is InChI=1S/C12H22O11/c13-1-4-6(15)8(17)9(18)11(22-4)23-5-2-21-12(20,3-14)10(19)7(5)16/h4-11,13-20H,1-3H2/t4-,5?,6-,7-,8+,9-,10+,11-,12?/m1/s1. The molecule has 0 radical (unpaired) electrons. The molecule has 11 heteroatoms. The van der Waals surface area contributed by atoms with Gasteiger partial charge in [-0.25, -0.2) is 0 Å². The Balaban J connectivity index is 2.04. The van der Waals surface area contributed by atoms with Crippen LogP contribution in [0.3, 0.4) is 0 Å². The number of aliphatic hydroxyl groups is 8. The molecule has 0 aromatic heterocycles. The molecule has 2 aliphatic rings. The van der Waals surface area contributed by atoms with Gasteiger partial charge < -0.3 is 55.1 Å². The minimum Gasteiger partial charge on any atom is -0.394 e. The van der Waals surface area contributed by atoms with E-state index in [0.717, 1.165) is 0 Å². The van der Waals surface area contributed by atoms with Crippen LogP contribution in [0.2, 0.25) is 0 Å². The lowest BCUT2D eigenvalue weighted by Gasteiger charge is -2.45. The van der Waals surface area contributed by atoms with E-state index in [1.165, 1.54) is 0 Å². The molecule has 0 aliphatic carbocycles. The van der Waals surface area contributed by atoms with Crippen LogP contribution in [-0.2, 0) is 14.2 Å². The minimum atomic E-state index is -2.35. The van der Waals surface area contributed by atoms with Crippen LogP contribution in [0, 0.1) is 0 Å². The van der Waals surface area contributed by atoms with E-state index in [1.54, 1.807) is 0 Å². The predicted octanol–water partition coefficient (Wildman–Crippen LogP) is -5.40. The van der Waals surface area contributed by atoms with Gasteiger partial charge in [0.25, 0.3) is 0 Å². The van der Waals surface area contributed by atoms with E-state index in [9.17, 15) is 30.6 Å². The highest BCUT2D eigenvalue weighted by atomic mass is 16.7. The number of rotatable bonds is 4. The first-order chi connectivity index (χ1) is 10.7. The molecule has 2 unspecified atom stereocenters. The number of hydrogen-bond acceptors (Lipinski definition) is 11. The topological polar surface area (TPSA) is 190 Å². The van der Waals surface area contributed by atoms with Crippen molar-refractivity contribution in [1.29, 1.82) is 0 Å². The Bertz CT molecular complexity index is 393. The molecule has 0 saturated carbocycles. The van der Waals surface area contributed by atoms with E-state index in [2.05, 4.69) is 0 Å². The fraction of sp³-hybridized carbons (Fsp3) is 1.00. The van der Waals surface area contributed by atoms with Gasteiger partial charge in [0.2, 0.25) is 5.79 Å². The molecule has 9 atom stereocenters. The fourth-order valence-electron chi connectivity index (χ4n) is 2.49. The number of ether oxygens (including phenoxy) is 3. The van der Waals surface area contributed by atoms with Crippen LogP contribution in [0.4, 0.5) is 0 Å². The molecule has 2 fully saturated rings. The van der Waals surface area contributed by atoms with Gasteiger partial charge in [-0.05, 0) is 0 Å². The van der Waals surface area contributed by atoms with Crippen LogP contribution in [0.25, 0.3) is 0 Å². The summed E-state index contributed by atoms with van der Waals surface area (Å²) in [5, 5.41) is 76.6. The van der Waals surface area contributed by atoms with Crippen LogP contribution >= 0.6 is 0 Å². The largest absolute Gasteiger partial charge is 0.394 e. The van der Waals surface area contributed by atoms with Gasteiger partial charge >= 0.3 is 0 Å². The van der Waals surface area contributed by atoms with Crippen LogP contribution < -0.4 is 0 Å². The molecule has 8 N–H and O–H groups in total. The SMILES string of the molecule is OC[C@H]1O[C@H](OC2COC(O)(CO)[C@@H](O)[C@@H]2O)[C@H](O)[C@@H](O)[C@@H]1O. The zero-order valence-electron chi connectivity index (χ0n) is 12.0. The monoisotopic (exact) mass is 342 g/mol. The van der Waals surface area contributed by atoms with E-state index >= 15 is 0 Å². The summed E-state index contributed by atoms with van der Waals surface area (Å²) in [6.07, 6.45) is -12.5. The van der Waals surface area contributed by atoms with Crippen LogP contribution in [0.5, 0.6) is 0 Å². The Morgan fingerprint density at radius 1 is 0.957 bits per heavy atom. The summed E-state index contributed by atoms with van der Waals surface area (Å²) in [7, 11) is 0. The molecule has 11 nitrogen and oxygen atoms in total. The third-order valence-corrected chi connectivity index (χ3v) is 4.05. The lowest BCUT2D eigenvalue weighted by Crippen LogP contribution is -2.65. The Morgan fingerprint density at radius 2 is 1.61 bits per heavy atom. The molecule has 136 valence electrons. The maximum absolute atomic E-state index is 9.94. The second-order valence-corrected chi connectivity index (χ2v) is 5.62. The van der Waals surface area contributed by atoms with Gasteiger partial charge in [-0.2, -0.15) is 0 Å². The smallest absolute Gasteiger partial charge is 0.218 e. The lowest BCUT2D eigenvalue weighted by atomic mass is 9.96. The molecule has 0 amide bonds. The highest BCUT2D eigenvalue weighted by Gasteiger charge is 2.51. The van der Waals surface area contributed by atoms with Crippen molar-refractivity contribution in [2.24, 2.45) is 0 Å². The van der Waals surface area contributed by atoms with Crippen LogP contribution in [-0.4, -0.2) is 115 Å². The zero-order chi connectivity index (χ0) is 17.4. The minimum absolute atomic E-state index is 0.454. The van der Waals surface area contributed by atoms with Gasteiger partial charge in [0.05, 0.1) is 19.8 Å². The lowest BCUT2D eigenvalue weighted by molar-refractivity contribution is -0.367. The Kier molecular flexibility index (Phi) is 5.92. The van der Waals surface area contributed by atoms with Gasteiger partial charge in [0.15, 0.2) is 6.29 Å². The van der Waals surface area contributed by atoms with Crippen molar-refractivity contribution in [2.75, 3.05) is 19.8 Å². The van der Waals surface area contributed by atoms with Crippen LogP contribution in [0.15, 0.2) is 0 Å². The average molecular weight is 342 g/mol.